The molecule has 0 aliphatic carbocycles. The highest BCUT2D eigenvalue weighted by Gasteiger charge is 2.33. The third kappa shape index (κ3) is 3.93. The number of piperazine rings is 1. The van der Waals surface area contributed by atoms with Gasteiger partial charge in [0.25, 0.3) is 0 Å². The summed E-state index contributed by atoms with van der Waals surface area (Å²) in [5.74, 6) is 2.45. The van der Waals surface area contributed by atoms with Crippen molar-refractivity contribution in [3.05, 3.63) is 12.4 Å². The fourth-order valence-corrected chi connectivity index (χ4v) is 4.49. The lowest BCUT2D eigenvalue weighted by Gasteiger charge is -2.39. The second-order valence-corrected chi connectivity index (χ2v) is 8.87. The third-order valence-corrected chi connectivity index (χ3v) is 6.08. The summed E-state index contributed by atoms with van der Waals surface area (Å²) in [5, 5.41) is 16.1. The van der Waals surface area contributed by atoms with Crippen LogP contribution in [0.5, 0.6) is 0 Å². The summed E-state index contributed by atoms with van der Waals surface area (Å²) < 4.78 is 2.27. The predicted octanol–water partition coefficient (Wildman–Crippen LogP) is 1.93. The quantitative estimate of drug-likeness (QED) is 0.818. The molecule has 0 amide bonds. The van der Waals surface area contributed by atoms with Crippen LogP contribution in [0.3, 0.4) is 0 Å². The molecule has 0 saturated carbocycles. The molecule has 2 saturated heterocycles. The minimum absolute atomic E-state index is 0.530. The SMILES string of the molecule is CC(C)Cn1c(-c2cn[nH]c2)nnc1N1CC[C@H](N2CCN(C(C)C)CC2)C1. The van der Waals surface area contributed by atoms with Gasteiger partial charge in [-0.05, 0) is 26.2 Å². The molecule has 28 heavy (non-hydrogen) atoms. The van der Waals surface area contributed by atoms with Crippen molar-refractivity contribution >= 4 is 5.95 Å². The van der Waals surface area contributed by atoms with Gasteiger partial charge < -0.3 is 4.90 Å². The molecule has 0 radical (unpaired) electrons. The van der Waals surface area contributed by atoms with Crippen LogP contribution in [0.1, 0.15) is 34.1 Å². The minimum Gasteiger partial charge on any atom is -0.339 e. The van der Waals surface area contributed by atoms with Crippen molar-refractivity contribution in [2.24, 2.45) is 5.92 Å². The number of hydrogen-bond acceptors (Lipinski definition) is 6. The Labute approximate surface area is 167 Å². The first kappa shape index (κ1) is 19.4. The van der Waals surface area contributed by atoms with E-state index in [1.807, 2.05) is 12.4 Å². The third-order valence-electron chi connectivity index (χ3n) is 6.08. The maximum absolute atomic E-state index is 4.59. The maximum Gasteiger partial charge on any atom is 0.227 e. The van der Waals surface area contributed by atoms with Crippen LogP contribution in [0.2, 0.25) is 0 Å². The van der Waals surface area contributed by atoms with Crippen LogP contribution >= 0.6 is 0 Å². The van der Waals surface area contributed by atoms with E-state index in [1.54, 1.807) is 0 Å². The molecule has 2 aliphatic heterocycles. The molecule has 1 atom stereocenters. The molecule has 4 heterocycles. The first-order valence-electron chi connectivity index (χ1n) is 10.7. The molecule has 8 heteroatoms. The first-order chi connectivity index (χ1) is 13.5. The van der Waals surface area contributed by atoms with Gasteiger partial charge in [-0.2, -0.15) is 5.10 Å². The van der Waals surface area contributed by atoms with Gasteiger partial charge in [-0.15, -0.1) is 10.2 Å². The lowest BCUT2D eigenvalue weighted by Crippen LogP contribution is -2.52. The van der Waals surface area contributed by atoms with Crippen LogP contribution in [-0.2, 0) is 6.54 Å². The summed E-state index contributed by atoms with van der Waals surface area (Å²) >= 11 is 0. The van der Waals surface area contributed by atoms with Crippen molar-refractivity contribution in [1.29, 1.82) is 0 Å². The number of hydrogen-bond donors (Lipinski definition) is 1. The van der Waals surface area contributed by atoms with Crippen LogP contribution < -0.4 is 4.90 Å². The Morgan fingerprint density at radius 2 is 1.86 bits per heavy atom. The van der Waals surface area contributed by atoms with Crippen LogP contribution in [0.15, 0.2) is 12.4 Å². The number of aromatic nitrogens is 5. The highest BCUT2D eigenvalue weighted by molar-refractivity contribution is 5.55. The molecule has 0 unspecified atom stereocenters. The average Bonchev–Trinajstić information content (AvgIpc) is 3.41. The Kier molecular flexibility index (Phi) is 5.68. The number of nitrogens with one attached hydrogen (secondary N) is 1. The van der Waals surface area contributed by atoms with E-state index in [1.165, 1.54) is 32.6 Å². The lowest BCUT2D eigenvalue weighted by molar-refractivity contribution is 0.0842. The van der Waals surface area contributed by atoms with Crippen molar-refractivity contribution in [2.75, 3.05) is 44.2 Å². The van der Waals surface area contributed by atoms with Gasteiger partial charge in [0.15, 0.2) is 5.82 Å². The second-order valence-electron chi connectivity index (χ2n) is 8.87. The summed E-state index contributed by atoms with van der Waals surface area (Å²) in [5.41, 5.74) is 1.000. The molecule has 1 N–H and O–H groups in total. The van der Waals surface area contributed by atoms with Crippen LogP contribution in [0, 0.1) is 5.92 Å². The Bertz CT molecular complexity index is 742. The largest absolute Gasteiger partial charge is 0.339 e. The zero-order valence-corrected chi connectivity index (χ0v) is 17.7. The molecule has 8 nitrogen and oxygen atoms in total. The number of anilines is 1. The van der Waals surface area contributed by atoms with Gasteiger partial charge in [-0.1, -0.05) is 13.8 Å². The van der Waals surface area contributed by atoms with Crippen molar-refractivity contribution in [1.82, 2.24) is 34.8 Å². The minimum atomic E-state index is 0.530. The van der Waals surface area contributed by atoms with Crippen molar-refractivity contribution in [3.63, 3.8) is 0 Å². The zero-order valence-electron chi connectivity index (χ0n) is 17.7. The molecule has 0 spiro atoms. The monoisotopic (exact) mass is 386 g/mol. The van der Waals surface area contributed by atoms with Gasteiger partial charge >= 0.3 is 0 Å². The van der Waals surface area contributed by atoms with E-state index in [9.17, 15) is 0 Å². The summed E-state index contributed by atoms with van der Waals surface area (Å²) in [6.45, 7) is 16.8. The van der Waals surface area contributed by atoms with Crippen LogP contribution in [0.4, 0.5) is 5.95 Å². The Morgan fingerprint density at radius 1 is 1.07 bits per heavy atom. The van der Waals surface area contributed by atoms with Gasteiger partial charge in [-0.25, -0.2) is 0 Å². The Morgan fingerprint density at radius 3 is 2.50 bits per heavy atom. The van der Waals surface area contributed by atoms with Crippen LogP contribution in [0.25, 0.3) is 11.4 Å². The highest BCUT2D eigenvalue weighted by Crippen LogP contribution is 2.27. The molecule has 154 valence electrons. The van der Waals surface area contributed by atoms with Crippen LogP contribution in [-0.4, -0.2) is 86.1 Å². The summed E-state index contributed by atoms with van der Waals surface area (Å²) in [4.78, 5) is 7.69. The van der Waals surface area contributed by atoms with E-state index in [4.69, 9.17) is 0 Å². The molecule has 4 rings (SSSR count). The molecular weight excluding hydrogens is 352 g/mol. The molecule has 2 aliphatic rings. The fraction of sp³-hybridized carbons (Fsp3) is 0.750. The number of aromatic amines is 1. The smallest absolute Gasteiger partial charge is 0.227 e. The first-order valence-corrected chi connectivity index (χ1v) is 10.7. The van der Waals surface area contributed by atoms with Gasteiger partial charge in [0.05, 0.1) is 11.8 Å². The van der Waals surface area contributed by atoms with Gasteiger partial charge in [0, 0.05) is 64.1 Å². The second kappa shape index (κ2) is 8.21. The standard InChI is InChI=1S/C20H34N8/c1-15(2)13-28-19(17-11-21-22-12-17)23-24-20(28)27-6-5-18(14-27)26-9-7-25(8-10-26)16(3)4/h11-12,15-16,18H,5-10,13-14H2,1-4H3,(H,21,22)/t18-/m0/s1. The molecule has 2 aromatic rings. The Hall–Kier alpha value is -1.93. The molecule has 2 fully saturated rings. The average molecular weight is 387 g/mol. The fourth-order valence-electron chi connectivity index (χ4n) is 4.49. The van der Waals surface area contributed by atoms with Gasteiger partial charge in [-0.3, -0.25) is 19.5 Å². The van der Waals surface area contributed by atoms with Crippen molar-refractivity contribution in [2.45, 2.75) is 52.7 Å². The molecule has 0 bridgehead atoms. The molecule has 2 aromatic heterocycles. The maximum atomic E-state index is 4.59. The summed E-state index contributed by atoms with van der Waals surface area (Å²) in [7, 11) is 0. The zero-order chi connectivity index (χ0) is 19.7. The Balaban J connectivity index is 1.47. The number of rotatable bonds is 6. The van der Waals surface area contributed by atoms with E-state index in [-0.39, 0.29) is 0 Å². The topological polar surface area (TPSA) is 69.1 Å². The van der Waals surface area contributed by atoms with Crippen molar-refractivity contribution < 1.29 is 0 Å². The molecular formula is C20H34N8. The van der Waals surface area contributed by atoms with E-state index >= 15 is 0 Å². The van der Waals surface area contributed by atoms with Crippen molar-refractivity contribution in [3.8, 4) is 11.4 Å². The van der Waals surface area contributed by atoms with Gasteiger partial charge in [0.2, 0.25) is 5.95 Å². The predicted molar refractivity (Wildman–Crippen MR) is 111 cm³/mol. The van der Waals surface area contributed by atoms with E-state index in [2.05, 4.69) is 67.4 Å². The number of H-pyrrole nitrogens is 1. The van der Waals surface area contributed by atoms with Gasteiger partial charge in [0.1, 0.15) is 0 Å². The lowest BCUT2D eigenvalue weighted by atomic mass is 10.1. The highest BCUT2D eigenvalue weighted by atomic mass is 15.4. The van der Waals surface area contributed by atoms with E-state index < -0.39 is 0 Å². The van der Waals surface area contributed by atoms with E-state index in [0.717, 1.165) is 37.0 Å². The number of nitrogens with zero attached hydrogens (tertiary/aromatic N) is 7. The normalized spacial score (nSPS) is 22.1. The molecule has 0 aromatic carbocycles. The summed E-state index contributed by atoms with van der Waals surface area (Å²) in [6, 6.07) is 1.27. The van der Waals surface area contributed by atoms with E-state index in [0.29, 0.717) is 18.0 Å². The summed E-state index contributed by atoms with van der Waals surface area (Å²) in [6.07, 6.45) is 4.93.